The molecule has 0 radical (unpaired) electrons. The number of halogens is 6. The van der Waals surface area contributed by atoms with Crippen LogP contribution in [0.3, 0.4) is 0 Å². The number of hydrogen-bond acceptors (Lipinski definition) is 3. The number of rotatable bonds is 3. The van der Waals surface area contributed by atoms with Crippen molar-refractivity contribution >= 4 is 81.8 Å². The van der Waals surface area contributed by atoms with Crippen molar-refractivity contribution in [2.75, 3.05) is 0 Å². The van der Waals surface area contributed by atoms with E-state index in [4.69, 9.17) is 69.6 Å². The minimum absolute atomic E-state index is 0.131. The van der Waals surface area contributed by atoms with Crippen molar-refractivity contribution in [3.05, 3.63) is 77.4 Å². The summed E-state index contributed by atoms with van der Waals surface area (Å²) in [5, 5.41) is 0. The lowest BCUT2D eigenvalue weighted by molar-refractivity contribution is 0.851. The van der Waals surface area contributed by atoms with Gasteiger partial charge < -0.3 is 0 Å². The standard InChI is InChI=1S/C19H11Cl6N3/c20-18(21,22)16-26-15(27-17(28-16)19(23,24)25)14-8-4-7-13(11-14)10-9-12-5-2-1-3-6-12/h1-11H. The molecule has 0 N–H and O–H groups in total. The minimum atomic E-state index is -1.90. The van der Waals surface area contributed by atoms with Crippen LogP contribution in [0, 0.1) is 0 Å². The zero-order valence-corrected chi connectivity index (χ0v) is 18.5. The molecule has 9 heteroatoms. The van der Waals surface area contributed by atoms with E-state index >= 15 is 0 Å². The summed E-state index contributed by atoms with van der Waals surface area (Å²) >= 11 is 35.6. The fraction of sp³-hybridized carbons (Fsp3) is 0.105. The molecule has 0 saturated heterocycles. The van der Waals surface area contributed by atoms with Crippen molar-refractivity contribution in [3.8, 4) is 11.4 Å². The molecule has 0 amide bonds. The summed E-state index contributed by atoms with van der Waals surface area (Å²) in [6.45, 7) is 0. The molecule has 0 aliphatic heterocycles. The van der Waals surface area contributed by atoms with E-state index in [2.05, 4.69) is 15.0 Å². The lowest BCUT2D eigenvalue weighted by Gasteiger charge is -2.15. The van der Waals surface area contributed by atoms with E-state index in [1.54, 1.807) is 6.07 Å². The molecule has 2 aromatic carbocycles. The van der Waals surface area contributed by atoms with Gasteiger partial charge in [0.15, 0.2) is 17.5 Å². The molecule has 1 aromatic heterocycles. The fourth-order valence-corrected chi connectivity index (χ4v) is 2.80. The molecule has 3 rings (SSSR count). The molecular weight excluding hydrogens is 483 g/mol. The molecule has 0 saturated carbocycles. The van der Waals surface area contributed by atoms with Crippen molar-refractivity contribution in [3.63, 3.8) is 0 Å². The van der Waals surface area contributed by atoms with Crippen molar-refractivity contribution in [1.29, 1.82) is 0 Å². The monoisotopic (exact) mass is 491 g/mol. The van der Waals surface area contributed by atoms with Crippen LogP contribution in [0.25, 0.3) is 23.5 Å². The lowest BCUT2D eigenvalue weighted by Crippen LogP contribution is -2.16. The Morgan fingerprint density at radius 2 is 1.14 bits per heavy atom. The predicted molar refractivity (Wildman–Crippen MR) is 119 cm³/mol. The van der Waals surface area contributed by atoms with Gasteiger partial charge in [0.05, 0.1) is 0 Å². The molecule has 28 heavy (non-hydrogen) atoms. The molecular formula is C19H11Cl6N3. The van der Waals surface area contributed by atoms with E-state index in [0.29, 0.717) is 5.56 Å². The van der Waals surface area contributed by atoms with Crippen molar-refractivity contribution < 1.29 is 0 Å². The molecule has 0 bridgehead atoms. The number of hydrogen-bond donors (Lipinski definition) is 0. The van der Waals surface area contributed by atoms with E-state index in [0.717, 1.165) is 11.1 Å². The molecule has 0 aliphatic rings. The molecule has 1 heterocycles. The maximum atomic E-state index is 5.93. The zero-order chi connectivity index (χ0) is 20.4. The van der Waals surface area contributed by atoms with Gasteiger partial charge in [-0.15, -0.1) is 0 Å². The Morgan fingerprint density at radius 1 is 0.607 bits per heavy atom. The van der Waals surface area contributed by atoms with E-state index < -0.39 is 7.59 Å². The highest BCUT2D eigenvalue weighted by Crippen LogP contribution is 2.40. The van der Waals surface area contributed by atoms with Crippen LogP contribution in [0.15, 0.2) is 54.6 Å². The average molecular weight is 494 g/mol. The highest BCUT2D eigenvalue weighted by molar-refractivity contribution is 6.67. The minimum Gasteiger partial charge on any atom is -0.209 e. The first-order chi connectivity index (χ1) is 13.1. The van der Waals surface area contributed by atoms with Crippen molar-refractivity contribution in [1.82, 2.24) is 15.0 Å². The van der Waals surface area contributed by atoms with E-state index in [-0.39, 0.29) is 17.5 Å². The zero-order valence-electron chi connectivity index (χ0n) is 14.0. The van der Waals surface area contributed by atoms with Gasteiger partial charge in [-0.1, -0.05) is 130 Å². The second kappa shape index (κ2) is 8.74. The molecule has 0 fully saturated rings. The SMILES string of the molecule is ClC(Cl)(Cl)c1nc(-c2cccc(C=Cc3ccccc3)c2)nc(C(Cl)(Cl)Cl)n1. The van der Waals surface area contributed by atoms with E-state index in [1.165, 1.54) is 0 Å². The van der Waals surface area contributed by atoms with Crippen LogP contribution >= 0.6 is 69.6 Å². The highest BCUT2D eigenvalue weighted by Gasteiger charge is 2.34. The third-order valence-corrected chi connectivity index (χ3v) is 4.57. The fourth-order valence-electron chi connectivity index (χ4n) is 2.30. The summed E-state index contributed by atoms with van der Waals surface area (Å²) in [4.78, 5) is 12.4. The van der Waals surface area contributed by atoms with Gasteiger partial charge in [-0.3, -0.25) is 0 Å². The second-order valence-electron chi connectivity index (χ2n) is 5.67. The summed E-state index contributed by atoms with van der Waals surface area (Å²) in [5.74, 6) is -0.0317. The largest absolute Gasteiger partial charge is 0.250 e. The summed E-state index contributed by atoms with van der Waals surface area (Å²) in [6.07, 6.45) is 3.96. The van der Waals surface area contributed by atoms with Crippen LogP contribution in [0.4, 0.5) is 0 Å². The van der Waals surface area contributed by atoms with Gasteiger partial charge in [-0.05, 0) is 17.2 Å². The number of aromatic nitrogens is 3. The second-order valence-corrected chi connectivity index (χ2v) is 10.2. The van der Waals surface area contributed by atoms with Crippen LogP contribution in [-0.4, -0.2) is 15.0 Å². The molecule has 3 nitrogen and oxygen atoms in total. The maximum Gasteiger partial charge on any atom is 0.250 e. The predicted octanol–water partition coefficient (Wildman–Crippen LogP) is 7.36. The number of benzene rings is 2. The summed E-state index contributed by atoms with van der Waals surface area (Å²) in [7, 11) is 0. The maximum absolute atomic E-state index is 5.93. The van der Waals surface area contributed by atoms with Gasteiger partial charge in [0.25, 0.3) is 0 Å². The Labute approximate surface area is 192 Å². The lowest BCUT2D eigenvalue weighted by atomic mass is 10.1. The average Bonchev–Trinajstić information content (AvgIpc) is 2.66. The smallest absolute Gasteiger partial charge is 0.209 e. The molecule has 0 aliphatic carbocycles. The molecule has 144 valence electrons. The van der Waals surface area contributed by atoms with Gasteiger partial charge in [0.1, 0.15) is 0 Å². The third-order valence-electron chi connectivity index (χ3n) is 3.56. The molecule has 3 aromatic rings. The van der Waals surface area contributed by atoms with Crippen LogP contribution in [0.1, 0.15) is 22.8 Å². The first-order valence-corrected chi connectivity index (χ1v) is 10.1. The normalized spacial score (nSPS) is 12.5. The van der Waals surface area contributed by atoms with Crippen LogP contribution in [-0.2, 0) is 7.59 Å². The van der Waals surface area contributed by atoms with Gasteiger partial charge in [-0.2, -0.15) is 0 Å². The van der Waals surface area contributed by atoms with Crippen LogP contribution in [0.5, 0.6) is 0 Å². The molecule has 0 unspecified atom stereocenters. The molecule has 0 spiro atoms. The molecule has 0 atom stereocenters. The Kier molecular flexibility index (Phi) is 6.76. The van der Waals surface area contributed by atoms with Crippen LogP contribution in [0.2, 0.25) is 0 Å². The summed E-state index contributed by atoms with van der Waals surface area (Å²) in [6, 6.07) is 17.4. The third kappa shape index (κ3) is 5.73. The number of nitrogens with zero attached hydrogens (tertiary/aromatic N) is 3. The Bertz CT molecular complexity index is 962. The van der Waals surface area contributed by atoms with Crippen LogP contribution < -0.4 is 0 Å². The summed E-state index contributed by atoms with van der Waals surface area (Å²) in [5.41, 5.74) is 2.65. The Morgan fingerprint density at radius 3 is 1.71 bits per heavy atom. The van der Waals surface area contributed by atoms with Crippen molar-refractivity contribution in [2.24, 2.45) is 0 Å². The van der Waals surface area contributed by atoms with Gasteiger partial charge in [-0.25, -0.2) is 15.0 Å². The highest BCUT2D eigenvalue weighted by atomic mass is 35.6. The van der Waals surface area contributed by atoms with E-state index in [1.807, 2.05) is 60.7 Å². The first-order valence-electron chi connectivity index (χ1n) is 7.87. The first kappa shape index (κ1) is 21.6. The topological polar surface area (TPSA) is 38.7 Å². The Hall–Kier alpha value is -1.07. The van der Waals surface area contributed by atoms with E-state index in [9.17, 15) is 0 Å². The van der Waals surface area contributed by atoms with Gasteiger partial charge in [0.2, 0.25) is 7.59 Å². The van der Waals surface area contributed by atoms with Gasteiger partial charge in [0, 0.05) is 5.56 Å². The Balaban J connectivity index is 2.02. The van der Waals surface area contributed by atoms with Crippen molar-refractivity contribution in [2.45, 2.75) is 7.59 Å². The summed E-state index contributed by atoms with van der Waals surface area (Å²) < 4.78 is -3.79. The van der Waals surface area contributed by atoms with Gasteiger partial charge >= 0.3 is 0 Å². The number of alkyl halides is 6. The quantitative estimate of drug-likeness (QED) is 0.282.